The molecule has 87 valence electrons. The highest BCUT2D eigenvalue weighted by Gasteiger charge is 2.31. The molecule has 0 aliphatic carbocycles. The van der Waals surface area contributed by atoms with E-state index in [2.05, 4.69) is 6.07 Å². The first-order valence-corrected chi connectivity index (χ1v) is 6.14. The Morgan fingerprint density at radius 1 is 1.41 bits per heavy atom. The molecular weight excluding hydrogens is 238 g/mol. The maximum Gasteiger partial charge on any atom is 0.307 e. The molecule has 1 fully saturated rings. The first kappa shape index (κ1) is 11.9. The summed E-state index contributed by atoms with van der Waals surface area (Å²) in [5.74, 6) is -0.567. The largest absolute Gasteiger partial charge is 0.307 e. The van der Waals surface area contributed by atoms with Crippen LogP contribution in [0.5, 0.6) is 0 Å². The lowest BCUT2D eigenvalue weighted by atomic mass is 10.1. The highest BCUT2D eigenvalue weighted by Crippen LogP contribution is 2.14. The van der Waals surface area contributed by atoms with Crippen molar-refractivity contribution in [1.29, 1.82) is 0 Å². The first-order valence-electron chi connectivity index (χ1n) is 5.15. The number of benzene rings is 1. The van der Waals surface area contributed by atoms with Gasteiger partial charge in [0.1, 0.15) is 0 Å². The van der Waals surface area contributed by atoms with Crippen molar-refractivity contribution in [2.45, 2.75) is 6.42 Å². The highest BCUT2D eigenvalue weighted by atomic mass is 32.2. The maximum atomic E-state index is 11.8. The van der Waals surface area contributed by atoms with E-state index < -0.39 is 11.0 Å². The topological polar surface area (TPSA) is 54.5 Å². The summed E-state index contributed by atoms with van der Waals surface area (Å²) in [7, 11) is 0. The average Bonchev–Trinajstić information content (AvgIpc) is 2.34. The molecule has 1 saturated heterocycles. The predicted molar refractivity (Wildman–Crippen MR) is 63.2 cm³/mol. The molecule has 0 atom stereocenters. The normalized spacial score (nSPS) is 16.1. The van der Waals surface area contributed by atoms with Crippen LogP contribution in [0.25, 0.3) is 0 Å². The zero-order valence-corrected chi connectivity index (χ0v) is 9.83. The van der Waals surface area contributed by atoms with E-state index in [0.29, 0.717) is 12.3 Å². The molecule has 1 heterocycles. The van der Waals surface area contributed by atoms with Crippen molar-refractivity contribution < 1.29 is 14.4 Å². The van der Waals surface area contributed by atoms with Gasteiger partial charge in [0.2, 0.25) is 5.91 Å². The van der Waals surface area contributed by atoms with Gasteiger partial charge in [-0.1, -0.05) is 36.0 Å². The van der Waals surface area contributed by atoms with Crippen LogP contribution >= 0.6 is 11.8 Å². The van der Waals surface area contributed by atoms with Crippen LogP contribution < -0.4 is 0 Å². The van der Waals surface area contributed by atoms with Crippen molar-refractivity contribution in [2.75, 3.05) is 12.3 Å². The molecule has 0 saturated carbocycles. The minimum atomic E-state index is -0.706. The summed E-state index contributed by atoms with van der Waals surface area (Å²) in [6, 6.07) is 10.0. The average molecular weight is 248 g/mol. The zero-order chi connectivity index (χ0) is 12.3. The summed E-state index contributed by atoms with van der Waals surface area (Å²) < 4.78 is 0. The van der Waals surface area contributed by atoms with Gasteiger partial charge in [-0.25, -0.2) is 0 Å². The van der Waals surface area contributed by atoms with Crippen LogP contribution in [0.4, 0.5) is 0 Å². The van der Waals surface area contributed by atoms with Crippen LogP contribution in [0.15, 0.2) is 24.3 Å². The number of nitrogens with zero attached hydrogens (tertiary/aromatic N) is 1. The highest BCUT2D eigenvalue weighted by molar-refractivity contribution is 8.15. The minimum absolute atomic E-state index is 0.102. The van der Waals surface area contributed by atoms with Crippen LogP contribution in [0.1, 0.15) is 5.56 Å². The van der Waals surface area contributed by atoms with Gasteiger partial charge in [-0.15, -0.1) is 0 Å². The number of amides is 2. The van der Waals surface area contributed by atoms with E-state index in [4.69, 9.17) is 0 Å². The molecule has 1 radical (unpaired) electrons. The number of hydrogen-bond acceptors (Lipinski definition) is 4. The van der Waals surface area contributed by atoms with Gasteiger partial charge in [0.15, 0.2) is 0 Å². The van der Waals surface area contributed by atoms with E-state index in [1.807, 2.05) is 0 Å². The SMILES string of the molecule is O=C1SCCN(C(=O)Cc2[c]cccc2)C1=O. The molecule has 0 bridgehead atoms. The van der Waals surface area contributed by atoms with Gasteiger partial charge < -0.3 is 0 Å². The molecule has 2 amide bonds. The molecule has 0 unspecified atom stereocenters. The molecule has 0 N–H and O–H groups in total. The molecule has 4 nitrogen and oxygen atoms in total. The van der Waals surface area contributed by atoms with E-state index in [9.17, 15) is 14.4 Å². The monoisotopic (exact) mass is 248 g/mol. The fraction of sp³-hybridized carbons (Fsp3) is 0.250. The van der Waals surface area contributed by atoms with Gasteiger partial charge in [0.05, 0.1) is 6.42 Å². The number of rotatable bonds is 2. The summed E-state index contributed by atoms with van der Waals surface area (Å²) in [4.78, 5) is 35.5. The Morgan fingerprint density at radius 2 is 2.24 bits per heavy atom. The van der Waals surface area contributed by atoms with Crippen LogP contribution in [0.2, 0.25) is 0 Å². The minimum Gasteiger partial charge on any atom is -0.276 e. The van der Waals surface area contributed by atoms with E-state index in [0.717, 1.165) is 22.2 Å². The van der Waals surface area contributed by atoms with Crippen molar-refractivity contribution in [3.8, 4) is 0 Å². The van der Waals surface area contributed by atoms with Crippen LogP contribution in [0.3, 0.4) is 0 Å². The van der Waals surface area contributed by atoms with Gasteiger partial charge >= 0.3 is 5.91 Å². The molecule has 1 aliphatic rings. The molecule has 0 aromatic heterocycles. The fourth-order valence-corrected chi connectivity index (χ4v) is 2.23. The smallest absolute Gasteiger partial charge is 0.276 e. The van der Waals surface area contributed by atoms with E-state index >= 15 is 0 Å². The summed E-state index contributed by atoms with van der Waals surface area (Å²) in [5, 5.41) is -0.554. The molecule has 17 heavy (non-hydrogen) atoms. The lowest BCUT2D eigenvalue weighted by Gasteiger charge is -2.23. The molecule has 1 aliphatic heterocycles. The van der Waals surface area contributed by atoms with Gasteiger partial charge in [0, 0.05) is 12.3 Å². The van der Waals surface area contributed by atoms with Crippen LogP contribution in [-0.4, -0.2) is 34.1 Å². The quantitative estimate of drug-likeness (QED) is 0.721. The van der Waals surface area contributed by atoms with Crippen molar-refractivity contribution in [2.24, 2.45) is 0 Å². The molecule has 1 aromatic rings. The number of thioether (sulfide) groups is 1. The van der Waals surface area contributed by atoms with E-state index in [1.165, 1.54) is 0 Å². The summed E-state index contributed by atoms with van der Waals surface area (Å²) >= 11 is 0.963. The van der Waals surface area contributed by atoms with Crippen LogP contribution in [-0.2, 0) is 20.8 Å². The summed E-state index contributed by atoms with van der Waals surface area (Å²) in [6.07, 6.45) is 0.102. The zero-order valence-electron chi connectivity index (χ0n) is 9.01. The Hall–Kier alpha value is -1.62. The molecule has 5 heteroatoms. The fourth-order valence-electron chi connectivity index (χ4n) is 1.54. The lowest BCUT2D eigenvalue weighted by molar-refractivity contribution is -0.149. The Bertz CT molecular complexity index is 458. The van der Waals surface area contributed by atoms with Crippen molar-refractivity contribution in [3.05, 3.63) is 35.9 Å². The summed E-state index contributed by atoms with van der Waals surface area (Å²) in [6.45, 7) is 0.306. The molecule has 1 aromatic carbocycles. The van der Waals surface area contributed by atoms with Crippen LogP contribution in [0, 0.1) is 6.07 Å². The van der Waals surface area contributed by atoms with Gasteiger partial charge in [0.25, 0.3) is 5.12 Å². The van der Waals surface area contributed by atoms with Crippen molar-refractivity contribution in [1.82, 2.24) is 4.90 Å². The van der Waals surface area contributed by atoms with Gasteiger partial charge in [-0.05, 0) is 11.6 Å². The number of carbonyl (C=O) groups excluding carboxylic acids is 3. The predicted octanol–water partition coefficient (Wildman–Crippen LogP) is 0.658. The van der Waals surface area contributed by atoms with Crippen molar-refractivity contribution >= 4 is 28.7 Å². The second-order valence-corrected chi connectivity index (χ2v) is 4.62. The Balaban J connectivity index is 2.05. The van der Waals surface area contributed by atoms with E-state index in [-0.39, 0.29) is 12.3 Å². The van der Waals surface area contributed by atoms with Crippen molar-refractivity contribution in [3.63, 3.8) is 0 Å². The van der Waals surface area contributed by atoms with Gasteiger partial charge in [-0.3, -0.25) is 19.3 Å². The molecular formula is C12H10NO3S. The van der Waals surface area contributed by atoms with E-state index in [1.54, 1.807) is 24.3 Å². The maximum absolute atomic E-state index is 11.8. The van der Waals surface area contributed by atoms with Gasteiger partial charge in [-0.2, -0.15) is 0 Å². The summed E-state index contributed by atoms with van der Waals surface area (Å²) in [5.41, 5.74) is 0.718. The number of hydrogen-bond donors (Lipinski definition) is 0. The second kappa shape index (κ2) is 5.14. The molecule has 0 spiro atoms. The number of carbonyl (C=O) groups is 3. The lowest BCUT2D eigenvalue weighted by Crippen LogP contribution is -2.45. The Kier molecular flexibility index (Phi) is 3.58. The third-order valence-electron chi connectivity index (χ3n) is 2.38. The second-order valence-electron chi connectivity index (χ2n) is 3.55. The first-order chi connectivity index (χ1) is 8.18. The Morgan fingerprint density at radius 3 is 2.94 bits per heavy atom. The third kappa shape index (κ3) is 2.74. The number of imide groups is 1. The Labute approximate surface area is 103 Å². The third-order valence-corrected chi connectivity index (χ3v) is 3.21. The molecule has 2 rings (SSSR count). The standard InChI is InChI=1S/C12H10NO3S/c14-10(8-9-4-2-1-3-5-9)13-6-7-17-12(16)11(13)15/h1-4H,6-8H2.